The Morgan fingerprint density at radius 2 is 1.88 bits per heavy atom. The van der Waals surface area contributed by atoms with Gasteiger partial charge in [0.25, 0.3) is 0 Å². The second kappa shape index (κ2) is 15.4. The van der Waals surface area contributed by atoms with Crippen molar-refractivity contribution in [2.75, 3.05) is 23.7 Å². The van der Waals surface area contributed by atoms with Gasteiger partial charge in [-0.1, -0.05) is 66.0 Å². The first-order chi connectivity index (χ1) is 20.7. The molecule has 5 rings (SSSR count). The van der Waals surface area contributed by atoms with Crippen LogP contribution in [0.25, 0.3) is 22.3 Å². The molecule has 1 unspecified atom stereocenters. The quantitative estimate of drug-likeness (QED) is 0.299. The minimum atomic E-state index is -0.515. The van der Waals surface area contributed by atoms with Gasteiger partial charge in [0.2, 0.25) is 5.95 Å². The molecule has 0 amide bonds. The molecule has 0 radical (unpaired) electrons. The molecule has 2 aliphatic heterocycles. The molecule has 232 valence electrons. The van der Waals surface area contributed by atoms with Crippen molar-refractivity contribution in [1.82, 2.24) is 9.97 Å². The molecule has 2 aromatic heterocycles. The Balaban J connectivity index is 0.000000780. The predicted octanol–water partition coefficient (Wildman–Crippen LogP) is 9.56. The first-order valence-electron chi connectivity index (χ1n) is 15.4. The molecule has 2 aliphatic rings. The summed E-state index contributed by atoms with van der Waals surface area (Å²) >= 11 is 1.00. The average molecular weight is 610 g/mol. The Labute approximate surface area is 259 Å². The van der Waals surface area contributed by atoms with Crippen LogP contribution in [0.1, 0.15) is 114 Å². The zero-order valence-electron chi connectivity index (χ0n) is 26.8. The molecule has 4 heterocycles. The Hall–Kier alpha value is -3.35. The highest BCUT2D eigenvalue weighted by Crippen LogP contribution is 2.47. The zero-order chi connectivity index (χ0) is 31.8. The van der Waals surface area contributed by atoms with Gasteiger partial charge in [0.05, 0.1) is 23.7 Å². The van der Waals surface area contributed by atoms with Gasteiger partial charge in [0.1, 0.15) is 22.4 Å². The van der Waals surface area contributed by atoms with Crippen molar-refractivity contribution in [3.05, 3.63) is 56.4 Å². The lowest BCUT2D eigenvalue weighted by Gasteiger charge is -2.20. The molecule has 1 atom stereocenters. The van der Waals surface area contributed by atoms with Crippen molar-refractivity contribution >= 4 is 44.6 Å². The van der Waals surface area contributed by atoms with Crippen molar-refractivity contribution in [2.24, 2.45) is 5.92 Å². The maximum absolute atomic E-state index is 16.7. The number of hydrogen-bond donors (Lipinski definition) is 1. The molecule has 0 saturated carbocycles. The number of benzene rings is 1. The minimum Gasteiger partial charge on any atom is -0.389 e. The predicted molar refractivity (Wildman–Crippen MR) is 176 cm³/mol. The molecule has 0 spiro atoms. The molecule has 0 bridgehead atoms. The van der Waals surface area contributed by atoms with Gasteiger partial charge in [-0.25, -0.2) is 18.7 Å². The van der Waals surface area contributed by atoms with Crippen LogP contribution >= 0.6 is 11.3 Å². The van der Waals surface area contributed by atoms with E-state index in [1.165, 1.54) is 18.9 Å². The Morgan fingerprint density at radius 1 is 1.21 bits per heavy atom. The third-order valence-corrected chi connectivity index (χ3v) is 8.90. The fourth-order valence-electron chi connectivity index (χ4n) is 5.26. The van der Waals surface area contributed by atoms with Crippen LogP contribution < -0.4 is 10.6 Å². The van der Waals surface area contributed by atoms with E-state index in [-0.39, 0.29) is 27.6 Å². The van der Waals surface area contributed by atoms with Gasteiger partial charge in [-0.3, -0.25) is 0 Å². The number of thiophene rings is 1. The molecule has 1 fully saturated rings. The monoisotopic (exact) mass is 609 g/mol. The van der Waals surface area contributed by atoms with Crippen LogP contribution in [0.4, 0.5) is 19.7 Å². The molecule has 3 aromatic rings. The Kier molecular flexibility index (Phi) is 12.2. The van der Waals surface area contributed by atoms with Gasteiger partial charge in [0.15, 0.2) is 5.82 Å². The van der Waals surface area contributed by atoms with E-state index in [9.17, 15) is 5.26 Å². The summed E-state index contributed by atoms with van der Waals surface area (Å²) in [4.78, 5) is 11.6. The van der Waals surface area contributed by atoms with Crippen molar-refractivity contribution in [2.45, 2.75) is 94.3 Å². The normalized spacial score (nSPS) is 16.6. The SMILES string of the molecule is C/C=C(/F)c1sc(N)c(C#N)c1/C(=C(\C)CC)c1c2c(c3cnc(N4CCC(C)C4)nc3c1F)COC2.CC.CCCC. The lowest BCUT2D eigenvalue weighted by atomic mass is 9.85. The Morgan fingerprint density at radius 3 is 2.44 bits per heavy atom. The smallest absolute Gasteiger partial charge is 0.225 e. The van der Waals surface area contributed by atoms with Crippen molar-refractivity contribution in [3.8, 4) is 6.07 Å². The lowest BCUT2D eigenvalue weighted by molar-refractivity contribution is 0.134. The fraction of sp³-hybridized carbons (Fsp3) is 0.500. The third-order valence-electron chi connectivity index (χ3n) is 7.87. The van der Waals surface area contributed by atoms with Crippen LogP contribution in [0.5, 0.6) is 0 Å². The Bertz CT molecular complexity index is 1550. The zero-order valence-corrected chi connectivity index (χ0v) is 27.6. The van der Waals surface area contributed by atoms with E-state index in [0.717, 1.165) is 42.0 Å². The summed E-state index contributed by atoms with van der Waals surface area (Å²) in [6.45, 7) is 18.1. The van der Waals surface area contributed by atoms with E-state index in [0.29, 0.717) is 52.5 Å². The average Bonchev–Trinajstić information content (AvgIpc) is 3.78. The molecular formula is C34H45F2N5OS. The summed E-state index contributed by atoms with van der Waals surface area (Å²) < 4.78 is 37.7. The third kappa shape index (κ3) is 6.76. The number of nitrogen functional groups attached to an aromatic ring is 1. The lowest BCUT2D eigenvalue weighted by Crippen LogP contribution is -2.21. The largest absolute Gasteiger partial charge is 0.389 e. The summed E-state index contributed by atoms with van der Waals surface area (Å²) in [5, 5.41) is 10.8. The van der Waals surface area contributed by atoms with Gasteiger partial charge >= 0.3 is 0 Å². The first kappa shape index (κ1) is 34.1. The molecule has 43 heavy (non-hydrogen) atoms. The number of rotatable bonds is 6. The van der Waals surface area contributed by atoms with Crippen LogP contribution in [0.3, 0.4) is 0 Å². The van der Waals surface area contributed by atoms with Crippen molar-refractivity contribution in [3.63, 3.8) is 0 Å². The van der Waals surface area contributed by atoms with Crippen molar-refractivity contribution < 1.29 is 13.5 Å². The summed E-state index contributed by atoms with van der Waals surface area (Å²) in [5.41, 5.74) is 9.97. The molecule has 1 aromatic carbocycles. The number of unbranched alkanes of at least 4 members (excludes halogenated alkanes) is 1. The number of fused-ring (bicyclic) bond motifs is 3. The highest BCUT2D eigenvalue weighted by atomic mass is 32.1. The van der Waals surface area contributed by atoms with Crippen LogP contribution in [0.2, 0.25) is 0 Å². The van der Waals surface area contributed by atoms with Gasteiger partial charge in [-0.15, -0.1) is 11.3 Å². The number of nitrogens with zero attached hydrogens (tertiary/aromatic N) is 4. The second-order valence-electron chi connectivity index (χ2n) is 10.7. The standard InChI is InChI=1S/C28H29F2N5OS.C4H10.C2H6/c1-5-15(4)21(23-16(9-31)27(32)37-26(23)20(29)6-2)22-19-13-36-12-18(19)17-10-33-28(34-25(17)24(22)30)35-8-7-14(3)11-35;1-3-4-2;1-2/h6,10,14H,5,7-8,11-13,32H2,1-4H3;3-4H2,1-2H3;1-2H3/b20-6+,21-15+;;. The summed E-state index contributed by atoms with van der Waals surface area (Å²) in [6, 6.07) is 2.14. The maximum atomic E-state index is 16.7. The number of nitrogens with two attached hydrogens (primary N) is 1. The van der Waals surface area contributed by atoms with E-state index in [2.05, 4.69) is 36.7 Å². The molecule has 9 heteroatoms. The number of aromatic nitrogens is 2. The summed E-state index contributed by atoms with van der Waals surface area (Å²) in [5.74, 6) is -0.00499. The minimum absolute atomic E-state index is 0.154. The number of ether oxygens (including phenoxy) is 1. The van der Waals surface area contributed by atoms with Crippen molar-refractivity contribution in [1.29, 1.82) is 5.26 Å². The van der Waals surface area contributed by atoms with Crippen LogP contribution in [-0.4, -0.2) is 23.1 Å². The van der Waals surface area contributed by atoms with Crippen LogP contribution in [0.15, 0.2) is 17.8 Å². The van der Waals surface area contributed by atoms with E-state index < -0.39 is 11.6 Å². The van der Waals surface area contributed by atoms with E-state index in [4.69, 9.17) is 15.5 Å². The highest BCUT2D eigenvalue weighted by molar-refractivity contribution is 7.17. The molecular weight excluding hydrogens is 564 g/mol. The second-order valence-corrected chi connectivity index (χ2v) is 11.8. The van der Waals surface area contributed by atoms with Gasteiger partial charge < -0.3 is 15.4 Å². The molecule has 6 nitrogen and oxygen atoms in total. The number of allylic oxidation sites excluding steroid dienone is 2. The molecule has 1 saturated heterocycles. The first-order valence-corrected chi connectivity index (χ1v) is 16.2. The topological polar surface area (TPSA) is 88.1 Å². The van der Waals surface area contributed by atoms with E-state index >= 15 is 8.78 Å². The van der Waals surface area contributed by atoms with Gasteiger partial charge in [-0.2, -0.15) is 5.26 Å². The number of nitriles is 1. The number of hydrogen-bond acceptors (Lipinski definition) is 7. The number of halogens is 2. The number of anilines is 2. The van der Waals surface area contributed by atoms with Crippen LogP contribution in [0, 0.1) is 23.1 Å². The van der Waals surface area contributed by atoms with E-state index in [1.54, 1.807) is 13.1 Å². The van der Waals surface area contributed by atoms with Crippen LogP contribution in [-0.2, 0) is 18.0 Å². The van der Waals surface area contributed by atoms with Gasteiger partial charge in [-0.05, 0) is 49.3 Å². The van der Waals surface area contributed by atoms with Gasteiger partial charge in [0, 0.05) is 35.8 Å². The van der Waals surface area contributed by atoms with E-state index in [1.807, 2.05) is 27.7 Å². The maximum Gasteiger partial charge on any atom is 0.225 e. The molecule has 2 N–H and O–H groups in total. The molecule has 0 aliphatic carbocycles. The fourth-order valence-corrected chi connectivity index (χ4v) is 6.25. The summed E-state index contributed by atoms with van der Waals surface area (Å²) in [7, 11) is 0. The summed E-state index contributed by atoms with van der Waals surface area (Å²) in [6.07, 6.45) is 7.26. The highest BCUT2D eigenvalue weighted by Gasteiger charge is 2.33.